The molecule has 3 fully saturated rings. The van der Waals surface area contributed by atoms with E-state index in [0.29, 0.717) is 43.7 Å². The number of piperidine rings is 1. The number of aryl methyl sites for hydroxylation is 1. The SMILES string of the molecule is Cc1ccc(S(=O)(=O)NC(Cc2ccccc2)C(=O)Nc2cccc(C3OC(CN4CCC5(CC4)C(=O)NCN5c4ccccc4)CC(c4ccc(CO)cc4)O3)c2)cc1. The molecule has 0 radical (unpaired) electrons. The number of para-hydroxylation sites is 1. The van der Waals surface area contributed by atoms with E-state index in [1.165, 1.54) is 12.1 Å². The van der Waals surface area contributed by atoms with E-state index in [1.54, 1.807) is 24.3 Å². The Morgan fingerprint density at radius 2 is 1.55 bits per heavy atom. The molecular weight excluding hydrogens is 779 g/mol. The van der Waals surface area contributed by atoms with Gasteiger partial charge in [-0.05, 0) is 79.3 Å². The van der Waals surface area contributed by atoms with Gasteiger partial charge in [-0.1, -0.05) is 103 Å². The number of nitrogens with one attached hydrogen (secondary N) is 3. The maximum absolute atomic E-state index is 14.0. The molecule has 3 aliphatic rings. The number of benzene rings is 5. The Morgan fingerprint density at radius 3 is 2.25 bits per heavy atom. The molecule has 0 aliphatic carbocycles. The third-order valence-corrected chi connectivity index (χ3v) is 13.3. The summed E-state index contributed by atoms with van der Waals surface area (Å²) in [7, 11) is -4.03. The fourth-order valence-corrected chi connectivity index (χ4v) is 9.66. The molecule has 3 saturated heterocycles. The van der Waals surface area contributed by atoms with Crippen molar-refractivity contribution in [3.63, 3.8) is 0 Å². The molecule has 13 heteroatoms. The lowest BCUT2D eigenvalue weighted by Gasteiger charge is -2.45. The highest BCUT2D eigenvalue weighted by Gasteiger charge is 2.50. The van der Waals surface area contributed by atoms with Crippen LogP contribution in [-0.4, -0.2) is 74.2 Å². The van der Waals surface area contributed by atoms with Crippen molar-refractivity contribution in [1.82, 2.24) is 14.9 Å². The highest BCUT2D eigenvalue weighted by Crippen LogP contribution is 2.40. The highest BCUT2D eigenvalue weighted by atomic mass is 32.2. The van der Waals surface area contributed by atoms with Crippen LogP contribution >= 0.6 is 0 Å². The molecular formula is C47H51N5O7S. The van der Waals surface area contributed by atoms with Crippen LogP contribution in [0.5, 0.6) is 0 Å². The normalized spacial score (nSPS) is 21.1. The summed E-state index contributed by atoms with van der Waals surface area (Å²) in [5, 5.41) is 15.7. The summed E-state index contributed by atoms with van der Waals surface area (Å²) in [4.78, 5) is 32.0. The monoisotopic (exact) mass is 829 g/mol. The van der Waals surface area contributed by atoms with Crippen molar-refractivity contribution < 1.29 is 32.6 Å². The average molecular weight is 830 g/mol. The molecule has 312 valence electrons. The first-order valence-corrected chi connectivity index (χ1v) is 21.9. The van der Waals surface area contributed by atoms with Gasteiger partial charge in [-0.25, -0.2) is 8.42 Å². The smallest absolute Gasteiger partial charge is 0.247 e. The lowest BCUT2D eigenvalue weighted by atomic mass is 9.85. The van der Waals surface area contributed by atoms with Gasteiger partial charge in [-0.15, -0.1) is 0 Å². The number of anilines is 2. The fourth-order valence-electron chi connectivity index (χ4n) is 8.46. The van der Waals surface area contributed by atoms with Gasteiger partial charge in [0.15, 0.2) is 6.29 Å². The van der Waals surface area contributed by atoms with Crippen LogP contribution in [0, 0.1) is 6.92 Å². The van der Waals surface area contributed by atoms with E-state index in [2.05, 4.69) is 37.3 Å². The second kappa shape index (κ2) is 18.1. The molecule has 4 N–H and O–H groups in total. The predicted molar refractivity (Wildman–Crippen MR) is 229 cm³/mol. The van der Waals surface area contributed by atoms with Gasteiger partial charge in [0.1, 0.15) is 11.6 Å². The van der Waals surface area contributed by atoms with Crippen LogP contribution in [0.3, 0.4) is 0 Å². The molecule has 60 heavy (non-hydrogen) atoms. The van der Waals surface area contributed by atoms with Gasteiger partial charge in [0.25, 0.3) is 0 Å². The molecule has 12 nitrogen and oxygen atoms in total. The van der Waals surface area contributed by atoms with Crippen LogP contribution in [0.25, 0.3) is 0 Å². The summed E-state index contributed by atoms with van der Waals surface area (Å²) in [6.07, 6.45) is 0.752. The van der Waals surface area contributed by atoms with Gasteiger partial charge >= 0.3 is 0 Å². The summed E-state index contributed by atoms with van der Waals surface area (Å²) < 4.78 is 43.0. The molecule has 3 heterocycles. The van der Waals surface area contributed by atoms with Gasteiger partial charge in [0, 0.05) is 43.0 Å². The van der Waals surface area contributed by atoms with Crippen LogP contribution in [0.2, 0.25) is 0 Å². The Balaban J connectivity index is 0.994. The van der Waals surface area contributed by atoms with E-state index in [0.717, 1.165) is 41.0 Å². The Hall–Kier alpha value is -5.41. The van der Waals surface area contributed by atoms with Crippen LogP contribution < -0.4 is 20.3 Å². The topological polar surface area (TPSA) is 150 Å². The zero-order chi connectivity index (χ0) is 41.7. The van der Waals surface area contributed by atoms with Crippen LogP contribution in [0.15, 0.2) is 138 Å². The van der Waals surface area contributed by atoms with E-state index in [9.17, 15) is 23.1 Å². The summed E-state index contributed by atoms with van der Waals surface area (Å²) in [6.45, 7) is 4.38. The quantitative estimate of drug-likeness (QED) is 0.112. The van der Waals surface area contributed by atoms with E-state index < -0.39 is 33.8 Å². The molecule has 0 aromatic heterocycles. The second-order valence-corrected chi connectivity index (χ2v) is 17.6. The zero-order valence-corrected chi connectivity index (χ0v) is 34.4. The van der Waals surface area contributed by atoms with Crippen molar-refractivity contribution in [2.45, 2.75) is 74.2 Å². The van der Waals surface area contributed by atoms with Crippen molar-refractivity contribution in [2.75, 3.05) is 36.5 Å². The molecule has 0 saturated carbocycles. The minimum Gasteiger partial charge on any atom is -0.392 e. The summed E-state index contributed by atoms with van der Waals surface area (Å²) >= 11 is 0. The van der Waals surface area contributed by atoms with Gasteiger partial charge in [0.05, 0.1) is 30.4 Å². The number of hydrogen-bond donors (Lipinski definition) is 4. The van der Waals surface area contributed by atoms with Crippen molar-refractivity contribution >= 4 is 33.2 Å². The number of amides is 2. The number of sulfonamides is 1. The lowest BCUT2D eigenvalue weighted by Crippen LogP contribution is -2.57. The van der Waals surface area contributed by atoms with Gasteiger partial charge < -0.3 is 35.0 Å². The van der Waals surface area contributed by atoms with Crippen molar-refractivity contribution in [2.24, 2.45) is 0 Å². The average Bonchev–Trinajstić information content (AvgIpc) is 3.59. The van der Waals surface area contributed by atoms with Crippen LogP contribution in [0.4, 0.5) is 11.4 Å². The molecule has 0 bridgehead atoms. The van der Waals surface area contributed by atoms with E-state index >= 15 is 0 Å². The maximum atomic E-state index is 14.0. The number of nitrogens with zero attached hydrogens (tertiary/aromatic N) is 2. The van der Waals surface area contributed by atoms with Gasteiger partial charge in [0.2, 0.25) is 21.8 Å². The number of carbonyl (C=O) groups excluding carboxylic acids is 2. The molecule has 3 aliphatic heterocycles. The van der Waals surface area contributed by atoms with Crippen LogP contribution in [-0.2, 0) is 42.1 Å². The van der Waals surface area contributed by atoms with E-state index in [-0.39, 0.29) is 36.0 Å². The molecule has 5 aromatic rings. The number of ether oxygens (including phenoxy) is 2. The molecule has 4 atom stereocenters. The summed E-state index contributed by atoms with van der Waals surface area (Å²) in [5.74, 6) is -0.441. The molecule has 1 spiro atoms. The molecule has 2 amide bonds. The van der Waals surface area contributed by atoms with Crippen LogP contribution in [0.1, 0.15) is 59.5 Å². The second-order valence-electron chi connectivity index (χ2n) is 15.9. The molecule has 8 rings (SSSR count). The van der Waals surface area contributed by atoms with Crippen molar-refractivity contribution in [3.8, 4) is 0 Å². The highest BCUT2D eigenvalue weighted by molar-refractivity contribution is 7.89. The number of rotatable bonds is 13. The Bertz CT molecular complexity index is 2360. The molecule has 4 unspecified atom stereocenters. The van der Waals surface area contributed by atoms with Gasteiger partial charge in [-0.2, -0.15) is 4.72 Å². The Morgan fingerprint density at radius 1 is 0.850 bits per heavy atom. The predicted octanol–water partition coefficient (Wildman–Crippen LogP) is 5.99. The number of likely N-dealkylation sites (tertiary alicyclic amines) is 1. The van der Waals surface area contributed by atoms with Crippen molar-refractivity contribution in [1.29, 1.82) is 0 Å². The Kier molecular flexibility index (Phi) is 12.4. The maximum Gasteiger partial charge on any atom is 0.247 e. The molecule has 5 aromatic carbocycles. The zero-order valence-electron chi connectivity index (χ0n) is 33.6. The first-order valence-electron chi connectivity index (χ1n) is 20.5. The third-order valence-electron chi connectivity index (χ3n) is 11.8. The number of aliphatic hydroxyl groups excluding tert-OH is 1. The van der Waals surface area contributed by atoms with E-state index in [4.69, 9.17) is 9.47 Å². The third kappa shape index (κ3) is 9.31. The fraction of sp³-hybridized carbons (Fsp3) is 0.319. The summed E-state index contributed by atoms with van der Waals surface area (Å²) in [5.41, 5.74) is 5.06. The Labute approximate surface area is 351 Å². The standard InChI is InChI=1S/C47H51N5O7S/c1-33-15-21-41(22-16-33)60(56,57)50-42(27-34-9-4-2-5-10-34)44(54)49-38-12-8-11-37(28-38)45-58-40(29-43(59-45)36-19-17-35(31-53)18-20-36)30-51-25-23-47(24-26-51)46(55)48-32-52(47)39-13-6-3-7-14-39/h2-22,28,40,42-43,45,50,53H,23-27,29-32H2,1H3,(H,48,55)(H,49,54). The van der Waals surface area contributed by atoms with Gasteiger partial charge in [-0.3, -0.25) is 9.59 Å². The first kappa shape index (κ1) is 41.3. The van der Waals surface area contributed by atoms with E-state index in [1.807, 2.05) is 91.9 Å². The first-order chi connectivity index (χ1) is 29.1. The largest absolute Gasteiger partial charge is 0.392 e. The minimum atomic E-state index is -4.03. The van der Waals surface area contributed by atoms with Crippen molar-refractivity contribution in [3.05, 3.63) is 161 Å². The lowest BCUT2D eigenvalue weighted by molar-refractivity contribution is -0.253. The summed E-state index contributed by atoms with van der Waals surface area (Å²) in [6, 6.07) is 39.7. The minimum absolute atomic E-state index is 0.0611. The number of hydrogen-bond acceptors (Lipinski definition) is 9. The number of carbonyl (C=O) groups is 2. The number of aliphatic hydroxyl groups is 1.